The Morgan fingerprint density at radius 2 is 1.52 bits per heavy atom. The molecule has 10 nitrogen and oxygen atoms in total. The smallest absolute Gasteiger partial charge is 0.323 e. The van der Waals surface area contributed by atoms with Crippen LogP contribution in [0.4, 0.5) is 5.95 Å². The van der Waals surface area contributed by atoms with Crippen LogP contribution in [0, 0.1) is 11.8 Å². The maximum Gasteiger partial charge on any atom is 0.323 e. The molecule has 0 saturated carbocycles. The number of imidazole rings is 1. The van der Waals surface area contributed by atoms with E-state index in [-0.39, 0.29) is 35.5 Å². The summed E-state index contributed by atoms with van der Waals surface area (Å²) in [5, 5.41) is 0. The number of aromatic amines is 1. The maximum atomic E-state index is 12.3. The van der Waals surface area contributed by atoms with Crippen LogP contribution in [-0.4, -0.2) is 51.4 Å². The van der Waals surface area contributed by atoms with E-state index in [0.717, 1.165) is 12.8 Å². The van der Waals surface area contributed by atoms with Crippen LogP contribution in [0.1, 0.15) is 111 Å². The number of anilines is 1. The van der Waals surface area contributed by atoms with Crippen LogP contribution >= 0.6 is 0 Å². The number of hydrogen-bond acceptors (Lipinski definition) is 8. The van der Waals surface area contributed by atoms with Crippen molar-refractivity contribution in [3.63, 3.8) is 0 Å². The predicted octanol–water partition coefficient (Wildman–Crippen LogP) is 5.34. The van der Waals surface area contributed by atoms with Gasteiger partial charge in [0.1, 0.15) is 6.04 Å². The van der Waals surface area contributed by atoms with Crippen molar-refractivity contribution >= 4 is 23.1 Å². The van der Waals surface area contributed by atoms with Gasteiger partial charge in [-0.25, -0.2) is 4.98 Å². The Bertz CT molecular complexity index is 1020. The Hall–Kier alpha value is -2.46. The SMILES string of the molecule is CCCCCCCCCCCCCCCCOCC(COC(=O)[C@H](N)C(C)C)Cn1cnc2c(=O)[nH]c(N)nc21. The zero-order valence-corrected chi connectivity index (χ0v) is 25.2. The first-order valence-electron chi connectivity index (χ1n) is 15.5. The third kappa shape index (κ3) is 12.8. The molecule has 2 atom stereocenters. The minimum Gasteiger partial charge on any atom is -0.464 e. The highest BCUT2D eigenvalue weighted by Gasteiger charge is 2.22. The highest BCUT2D eigenvalue weighted by atomic mass is 16.5. The van der Waals surface area contributed by atoms with Crippen molar-refractivity contribution in [3.05, 3.63) is 16.7 Å². The van der Waals surface area contributed by atoms with E-state index in [0.29, 0.717) is 25.4 Å². The average molecular weight is 563 g/mol. The molecule has 1 unspecified atom stereocenters. The molecule has 2 aromatic heterocycles. The number of rotatable bonds is 23. The molecule has 228 valence electrons. The van der Waals surface area contributed by atoms with E-state index < -0.39 is 12.0 Å². The summed E-state index contributed by atoms with van der Waals surface area (Å²) in [4.78, 5) is 35.3. The van der Waals surface area contributed by atoms with Gasteiger partial charge in [0.2, 0.25) is 5.95 Å². The van der Waals surface area contributed by atoms with E-state index in [1.54, 1.807) is 10.9 Å². The van der Waals surface area contributed by atoms with Gasteiger partial charge in [0, 0.05) is 19.1 Å². The monoisotopic (exact) mass is 562 g/mol. The Labute approximate surface area is 240 Å². The summed E-state index contributed by atoms with van der Waals surface area (Å²) in [5.74, 6) is -0.575. The van der Waals surface area contributed by atoms with Crippen molar-refractivity contribution in [1.29, 1.82) is 0 Å². The number of nitrogens with one attached hydrogen (secondary N) is 1. The number of H-pyrrole nitrogens is 1. The van der Waals surface area contributed by atoms with E-state index in [4.69, 9.17) is 20.9 Å². The number of carbonyl (C=O) groups is 1. The van der Waals surface area contributed by atoms with Gasteiger partial charge < -0.3 is 25.5 Å². The lowest BCUT2D eigenvalue weighted by molar-refractivity contribution is -0.148. The molecule has 0 radical (unpaired) electrons. The average Bonchev–Trinajstić information content (AvgIpc) is 3.33. The fourth-order valence-electron chi connectivity index (χ4n) is 4.75. The molecule has 0 fully saturated rings. The Morgan fingerprint density at radius 3 is 2.10 bits per heavy atom. The topological polar surface area (TPSA) is 151 Å². The number of nitrogens with two attached hydrogens (primary N) is 2. The lowest BCUT2D eigenvalue weighted by atomic mass is 10.0. The van der Waals surface area contributed by atoms with Gasteiger partial charge in [0.05, 0.1) is 19.5 Å². The number of fused-ring (bicyclic) bond motifs is 1. The lowest BCUT2D eigenvalue weighted by Gasteiger charge is -2.20. The Kier molecular flexibility index (Phi) is 16.5. The molecule has 2 heterocycles. The molecule has 0 aliphatic rings. The summed E-state index contributed by atoms with van der Waals surface area (Å²) in [6.07, 6.45) is 20.0. The predicted molar refractivity (Wildman–Crippen MR) is 161 cm³/mol. The summed E-state index contributed by atoms with van der Waals surface area (Å²) in [5.41, 5.74) is 11.9. The van der Waals surface area contributed by atoms with Crippen LogP contribution < -0.4 is 17.0 Å². The van der Waals surface area contributed by atoms with Crippen LogP contribution in [0.5, 0.6) is 0 Å². The van der Waals surface area contributed by atoms with Gasteiger partial charge in [0.15, 0.2) is 11.2 Å². The minimum atomic E-state index is -0.675. The fraction of sp³-hybridized carbons (Fsp3) is 0.800. The van der Waals surface area contributed by atoms with Gasteiger partial charge in [-0.2, -0.15) is 4.98 Å². The van der Waals surface area contributed by atoms with E-state index in [1.807, 2.05) is 13.8 Å². The van der Waals surface area contributed by atoms with Crippen molar-refractivity contribution in [3.8, 4) is 0 Å². The molecule has 0 bridgehead atoms. The number of carbonyl (C=O) groups excluding carboxylic acids is 1. The summed E-state index contributed by atoms with van der Waals surface area (Å²) in [6.45, 7) is 7.65. The first kappa shape index (κ1) is 33.7. The maximum absolute atomic E-state index is 12.3. The molecular weight excluding hydrogens is 508 g/mol. The number of esters is 1. The summed E-state index contributed by atoms with van der Waals surface area (Å²) >= 11 is 0. The van der Waals surface area contributed by atoms with Crippen LogP contribution in [0.25, 0.3) is 11.2 Å². The fourth-order valence-corrected chi connectivity index (χ4v) is 4.75. The zero-order valence-electron chi connectivity index (χ0n) is 25.2. The number of nitrogen functional groups attached to an aromatic ring is 1. The molecule has 0 aliphatic heterocycles. The second-order valence-corrected chi connectivity index (χ2v) is 11.5. The second-order valence-electron chi connectivity index (χ2n) is 11.5. The highest BCUT2D eigenvalue weighted by molar-refractivity contribution is 5.75. The van der Waals surface area contributed by atoms with Gasteiger partial charge in [0.25, 0.3) is 5.56 Å². The van der Waals surface area contributed by atoms with Crippen LogP contribution in [0.3, 0.4) is 0 Å². The number of unbranched alkanes of at least 4 members (excludes halogenated alkanes) is 13. The zero-order chi connectivity index (χ0) is 29.2. The van der Waals surface area contributed by atoms with E-state index in [2.05, 4.69) is 21.9 Å². The quantitative estimate of drug-likeness (QED) is 0.121. The van der Waals surface area contributed by atoms with E-state index in [1.165, 1.54) is 77.0 Å². The van der Waals surface area contributed by atoms with Gasteiger partial charge in [-0.3, -0.25) is 14.6 Å². The summed E-state index contributed by atoms with van der Waals surface area (Å²) < 4.78 is 13.3. The molecule has 0 aliphatic carbocycles. The number of aromatic nitrogens is 4. The molecule has 0 spiro atoms. The first-order chi connectivity index (χ1) is 19.3. The largest absolute Gasteiger partial charge is 0.464 e. The molecule has 0 aromatic carbocycles. The molecule has 2 rings (SSSR count). The molecule has 0 amide bonds. The molecule has 40 heavy (non-hydrogen) atoms. The molecule has 5 N–H and O–H groups in total. The number of nitrogens with zero attached hydrogens (tertiary/aromatic N) is 3. The van der Waals surface area contributed by atoms with Gasteiger partial charge in [-0.15, -0.1) is 0 Å². The number of ether oxygens (including phenoxy) is 2. The van der Waals surface area contributed by atoms with Gasteiger partial charge >= 0.3 is 5.97 Å². The summed E-state index contributed by atoms with van der Waals surface area (Å²) in [7, 11) is 0. The number of hydrogen-bond donors (Lipinski definition) is 3. The van der Waals surface area contributed by atoms with Crippen molar-refractivity contribution in [2.45, 2.75) is 123 Å². The van der Waals surface area contributed by atoms with E-state index >= 15 is 0 Å². The molecule has 0 saturated heterocycles. The minimum absolute atomic E-state index is 0.0148. The second kappa shape index (κ2) is 19.6. The third-order valence-corrected chi connectivity index (χ3v) is 7.40. The van der Waals surface area contributed by atoms with E-state index in [9.17, 15) is 9.59 Å². The molecule has 2 aromatic rings. The van der Waals surface area contributed by atoms with Crippen molar-refractivity contribution in [1.82, 2.24) is 19.5 Å². The van der Waals surface area contributed by atoms with Gasteiger partial charge in [-0.05, 0) is 12.3 Å². The van der Waals surface area contributed by atoms with Crippen molar-refractivity contribution in [2.75, 3.05) is 25.6 Å². The van der Waals surface area contributed by atoms with Crippen molar-refractivity contribution < 1.29 is 14.3 Å². The molecular formula is C30H54N6O4. The third-order valence-electron chi connectivity index (χ3n) is 7.40. The Balaban J connectivity index is 1.68. The normalized spacial score (nSPS) is 13.2. The summed E-state index contributed by atoms with van der Waals surface area (Å²) in [6, 6.07) is -0.675. The van der Waals surface area contributed by atoms with Gasteiger partial charge in [-0.1, -0.05) is 104 Å². The standard InChI is InChI=1S/C30H54N6O4/c1-4-5-6-7-8-9-10-11-12-13-14-15-16-17-18-39-20-24(21-40-29(38)25(31)23(2)3)19-36-22-33-26-27(36)34-30(32)35-28(26)37/h22-25H,4-21,31H2,1-3H3,(H3,32,34,35,37)/t24?,25-/m1/s1. The van der Waals surface area contributed by atoms with Crippen LogP contribution in [0.15, 0.2) is 11.1 Å². The molecule has 10 heteroatoms. The van der Waals surface area contributed by atoms with Crippen LogP contribution in [-0.2, 0) is 20.8 Å². The highest BCUT2D eigenvalue weighted by Crippen LogP contribution is 2.14. The van der Waals surface area contributed by atoms with Crippen LogP contribution in [0.2, 0.25) is 0 Å². The first-order valence-corrected chi connectivity index (χ1v) is 15.5. The Morgan fingerprint density at radius 1 is 0.950 bits per heavy atom. The lowest BCUT2D eigenvalue weighted by Crippen LogP contribution is -2.38. The van der Waals surface area contributed by atoms with Crippen molar-refractivity contribution in [2.24, 2.45) is 17.6 Å².